The van der Waals surface area contributed by atoms with E-state index in [0.717, 1.165) is 12.1 Å². The highest BCUT2D eigenvalue weighted by Crippen LogP contribution is 2.35. The molecule has 0 aliphatic rings. The number of benzene rings is 2. The van der Waals surface area contributed by atoms with Crippen molar-refractivity contribution >= 4 is 40.2 Å². The van der Waals surface area contributed by atoms with Gasteiger partial charge in [-0.25, -0.2) is 0 Å². The topological polar surface area (TPSA) is 97.0 Å². The van der Waals surface area contributed by atoms with Gasteiger partial charge < -0.3 is 9.84 Å². The molecule has 0 saturated carbocycles. The van der Waals surface area contributed by atoms with Gasteiger partial charge in [-0.1, -0.05) is 0 Å². The van der Waals surface area contributed by atoms with Gasteiger partial charge in [-0.15, -0.1) is 0 Å². The van der Waals surface area contributed by atoms with Crippen molar-refractivity contribution in [2.45, 2.75) is 6.18 Å². The Morgan fingerprint density at radius 2 is 2.04 bits per heavy atom. The zero-order chi connectivity index (χ0) is 19.5. The van der Waals surface area contributed by atoms with Crippen LogP contribution in [-0.4, -0.2) is 23.4 Å². The highest BCUT2D eigenvalue weighted by atomic mass is 127. The van der Waals surface area contributed by atoms with E-state index in [4.69, 9.17) is 4.74 Å². The van der Waals surface area contributed by atoms with Gasteiger partial charge >= 0.3 is 6.18 Å². The molecule has 2 aromatic carbocycles. The Hall–Kier alpha value is -2.57. The van der Waals surface area contributed by atoms with Crippen LogP contribution in [-0.2, 0) is 6.18 Å². The summed E-state index contributed by atoms with van der Waals surface area (Å²) < 4.78 is 43.5. The van der Waals surface area contributed by atoms with Crippen molar-refractivity contribution in [1.29, 1.82) is 0 Å². The highest BCUT2D eigenvalue weighted by Gasteiger charge is 2.33. The number of hydrogen-bond acceptors (Lipinski definition) is 6. The number of phenols is 1. The molecule has 0 aliphatic carbocycles. The van der Waals surface area contributed by atoms with Gasteiger partial charge in [-0.05, 0) is 52.4 Å². The number of nitro benzene ring substituents is 1. The first-order valence-corrected chi connectivity index (χ1v) is 7.92. The Balaban J connectivity index is 2.28. The molecule has 2 aromatic rings. The first-order valence-electron chi connectivity index (χ1n) is 6.84. The number of nitrogens with one attached hydrogen (secondary N) is 1. The van der Waals surface area contributed by atoms with E-state index in [1.54, 1.807) is 6.07 Å². The number of alkyl halides is 3. The van der Waals surface area contributed by atoms with E-state index in [2.05, 4.69) is 10.5 Å². The smallest absolute Gasteiger partial charge is 0.416 e. The normalized spacial score (nSPS) is 11.6. The number of nitrogens with zero attached hydrogens (tertiary/aromatic N) is 2. The minimum absolute atomic E-state index is 0.0448. The fraction of sp³-hybridized carbons (Fsp3) is 0.133. The number of aromatic hydroxyl groups is 1. The molecule has 2 rings (SSSR count). The van der Waals surface area contributed by atoms with Crippen molar-refractivity contribution in [3.05, 3.63) is 55.1 Å². The molecule has 0 heterocycles. The largest absolute Gasteiger partial charge is 0.504 e. The zero-order valence-corrected chi connectivity index (χ0v) is 15.2. The molecule has 0 amide bonds. The SMILES string of the molecule is COc1cc(/C=N\Nc2ccc(C(F)(F)F)cc2[N+](=O)[O-])cc(I)c1O. The predicted molar refractivity (Wildman–Crippen MR) is 96.7 cm³/mol. The number of ether oxygens (including phenoxy) is 1. The van der Waals surface area contributed by atoms with E-state index in [9.17, 15) is 28.4 Å². The Morgan fingerprint density at radius 1 is 1.35 bits per heavy atom. The molecule has 11 heteroatoms. The van der Waals surface area contributed by atoms with Gasteiger partial charge in [-0.3, -0.25) is 15.5 Å². The van der Waals surface area contributed by atoms with Gasteiger partial charge in [0, 0.05) is 6.07 Å². The van der Waals surface area contributed by atoms with Crippen LogP contribution in [0.25, 0.3) is 0 Å². The summed E-state index contributed by atoms with van der Waals surface area (Å²) in [5, 5.41) is 24.5. The lowest BCUT2D eigenvalue weighted by Gasteiger charge is -2.08. The number of anilines is 1. The van der Waals surface area contributed by atoms with E-state index in [1.807, 2.05) is 22.6 Å². The Bertz CT molecular complexity index is 872. The van der Waals surface area contributed by atoms with E-state index >= 15 is 0 Å². The predicted octanol–water partition coefficient (Wildman–Crippen LogP) is 4.38. The summed E-state index contributed by atoms with van der Waals surface area (Å²) in [4.78, 5) is 10.1. The molecule has 0 aliphatic heterocycles. The van der Waals surface area contributed by atoms with Crippen LogP contribution >= 0.6 is 22.6 Å². The van der Waals surface area contributed by atoms with Crippen molar-refractivity contribution in [2.24, 2.45) is 5.10 Å². The van der Waals surface area contributed by atoms with Gasteiger partial charge in [0.2, 0.25) is 0 Å². The van der Waals surface area contributed by atoms with E-state index in [-0.39, 0.29) is 17.2 Å². The molecule has 0 aromatic heterocycles. The van der Waals surface area contributed by atoms with Crippen LogP contribution in [0.5, 0.6) is 11.5 Å². The molecule has 2 N–H and O–H groups in total. The van der Waals surface area contributed by atoms with Crippen LogP contribution in [0.15, 0.2) is 35.4 Å². The Kier molecular flexibility index (Phi) is 5.90. The number of rotatable bonds is 5. The summed E-state index contributed by atoms with van der Waals surface area (Å²) in [6.07, 6.45) is -3.41. The van der Waals surface area contributed by atoms with Crippen molar-refractivity contribution in [2.75, 3.05) is 12.5 Å². The maximum atomic E-state index is 12.7. The summed E-state index contributed by atoms with van der Waals surface area (Å²) in [5.74, 6) is 0.162. The van der Waals surface area contributed by atoms with Crippen molar-refractivity contribution in [3.8, 4) is 11.5 Å². The Labute approximate surface area is 158 Å². The van der Waals surface area contributed by atoms with Crippen LogP contribution in [0.4, 0.5) is 24.5 Å². The van der Waals surface area contributed by atoms with E-state index in [1.165, 1.54) is 19.4 Å². The number of hydrazone groups is 1. The molecule has 0 bridgehead atoms. The number of methoxy groups -OCH3 is 1. The molecule has 138 valence electrons. The van der Waals surface area contributed by atoms with Gasteiger partial charge in [0.05, 0.1) is 27.4 Å². The molecule has 26 heavy (non-hydrogen) atoms. The van der Waals surface area contributed by atoms with E-state index in [0.29, 0.717) is 15.2 Å². The molecule has 0 saturated heterocycles. The minimum Gasteiger partial charge on any atom is -0.504 e. The summed E-state index contributed by atoms with van der Waals surface area (Å²) in [5.41, 5.74) is 0.776. The summed E-state index contributed by atoms with van der Waals surface area (Å²) in [6.45, 7) is 0. The average Bonchev–Trinajstić information content (AvgIpc) is 2.56. The Morgan fingerprint density at radius 3 is 2.62 bits per heavy atom. The van der Waals surface area contributed by atoms with Crippen LogP contribution in [0.1, 0.15) is 11.1 Å². The summed E-state index contributed by atoms with van der Waals surface area (Å²) in [7, 11) is 1.37. The fourth-order valence-corrected chi connectivity index (χ4v) is 2.58. The van der Waals surface area contributed by atoms with Crippen LogP contribution in [0.2, 0.25) is 0 Å². The molecular weight excluding hydrogens is 470 g/mol. The number of phenolic OH excluding ortho intramolecular Hbond substituents is 1. The lowest BCUT2D eigenvalue weighted by molar-refractivity contribution is -0.384. The van der Waals surface area contributed by atoms with Crippen molar-refractivity contribution in [3.63, 3.8) is 0 Å². The molecule has 0 spiro atoms. The molecular formula is C15H11F3IN3O4. The van der Waals surface area contributed by atoms with Crippen LogP contribution in [0.3, 0.4) is 0 Å². The van der Waals surface area contributed by atoms with Crippen molar-refractivity contribution < 1.29 is 27.9 Å². The fourth-order valence-electron chi connectivity index (χ4n) is 1.95. The first kappa shape index (κ1) is 19.8. The van der Waals surface area contributed by atoms with Gasteiger partial charge in [0.1, 0.15) is 5.69 Å². The van der Waals surface area contributed by atoms with Crippen LogP contribution < -0.4 is 10.2 Å². The molecule has 7 nitrogen and oxygen atoms in total. The third-order valence-corrected chi connectivity index (χ3v) is 4.01. The summed E-state index contributed by atoms with van der Waals surface area (Å²) in [6, 6.07) is 5.13. The second-order valence-electron chi connectivity index (χ2n) is 4.91. The second kappa shape index (κ2) is 7.76. The lowest BCUT2D eigenvalue weighted by atomic mass is 10.1. The third-order valence-electron chi connectivity index (χ3n) is 3.19. The lowest BCUT2D eigenvalue weighted by Crippen LogP contribution is -2.06. The number of nitro groups is 1. The molecule has 0 fully saturated rings. The molecule has 0 unspecified atom stereocenters. The monoisotopic (exact) mass is 481 g/mol. The molecule has 0 radical (unpaired) electrons. The third kappa shape index (κ3) is 4.53. The number of hydrogen-bond donors (Lipinski definition) is 2. The van der Waals surface area contributed by atoms with Crippen molar-refractivity contribution in [1.82, 2.24) is 0 Å². The van der Waals surface area contributed by atoms with Gasteiger partial charge in [0.25, 0.3) is 5.69 Å². The highest BCUT2D eigenvalue weighted by molar-refractivity contribution is 14.1. The zero-order valence-electron chi connectivity index (χ0n) is 13.0. The second-order valence-corrected chi connectivity index (χ2v) is 6.07. The number of halogens is 4. The quantitative estimate of drug-likeness (QED) is 0.286. The molecule has 0 atom stereocenters. The van der Waals surface area contributed by atoms with E-state index < -0.39 is 22.4 Å². The first-order chi connectivity index (χ1) is 12.1. The van der Waals surface area contributed by atoms with Crippen LogP contribution in [0, 0.1) is 13.7 Å². The maximum Gasteiger partial charge on any atom is 0.416 e. The minimum atomic E-state index is -4.69. The summed E-state index contributed by atoms with van der Waals surface area (Å²) >= 11 is 1.88. The van der Waals surface area contributed by atoms with Gasteiger partial charge in [0.15, 0.2) is 11.5 Å². The standard InChI is InChI=1S/C15H11F3IN3O4/c1-26-13-5-8(4-10(19)14(13)23)7-20-21-11-3-2-9(15(16,17)18)6-12(11)22(24)25/h2-7,21,23H,1H3/b20-7-. The van der Waals surface area contributed by atoms with Gasteiger partial charge in [-0.2, -0.15) is 18.3 Å². The maximum absolute atomic E-state index is 12.7. The average molecular weight is 481 g/mol.